The van der Waals surface area contributed by atoms with Crippen LogP contribution in [0, 0.1) is 5.82 Å². The maximum absolute atomic E-state index is 13.2. The zero-order valence-corrected chi connectivity index (χ0v) is 16.6. The molecule has 0 aliphatic carbocycles. The molecular formula is C15H9Cl2F4N3O2S2. The number of nitrogens with zero attached hydrogens (tertiary/aromatic N) is 2. The molecule has 5 nitrogen and oxygen atoms in total. The van der Waals surface area contributed by atoms with Crippen LogP contribution in [-0.2, 0) is 9.23 Å². The van der Waals surface area contributed by atoms with Gasteiger partial charge in [0.15, 0.2) is 0 Å². The molecule has 1 N–H and O–H groups in total. The minimum absolute atomic E-state index is 0.0966. The predicted molar refractivity (Wildman–Crippen MR) is 101 cm³/mol. The Hall–Kier alpha value is -1.82. The maximum atomic E-state index is 13.2. The van der Waals surface area contributed by atoms with E-state index in [9.17, 15) is 22.4 Å². The van der Waals surface area contributed by atoms with Crippen LogP contribution < -0.4 is 5.32 Å². The number of aromatic nitrogens is 2. The molecule has 3 rings (SSSR count). The van der Waals surface area contributed by atoms with Crippen molar-refractivity contribution < 1.29 is 26.6 Å². The molecule has 0 spiro atoms. The number of hydrogen-bond acceptors (Lipinski definition) is 5. The number of thiazole rings is 1. The lowest BCUT2D eigenvalue weighted by molar-refractivity contribution is -0.123. The van der Waals surface area contributed by atoms with E-state index < -0.39 is 33.7 Å². The van der Waals surface area contributed by atoms with Gasteiger partial charge in [-0.05, 0) is 24.3 Å². The summed E-state index contributed by atoms with van der Waals surface area (Å²) in [6, 6.07) is 5.66. The Morgan fingerprint density at radius 1 is 1.21 bits per heavy atom. The number of carbonyl (C=O) groups is 1. The number of nitrogens with one attached hydrogen (secondary N) is 1. The second-order valence-electron chi connectivity index (χ2n) is 5.08. The SMILES string of the molecule is O=C(NCC(F)(F)F)c1ccc2nc(-c3cncc(F)c3)sc2c1.O=S(Cl)Cl. The van der Waals surface area contributed by atoms with Crippen LogP contribution in [0.25, 0.3) is 20.8 Å². The lowest BCUT2D eigenvalue weighted by atomic mass is 10.2. The number of fused-ring (bicyclic) bond motifs is 1. The Kier molecular flexibility index (Phi) is 7.70. The van der Waals surface area contributed by atoms with Gasteiger partial charge in [-0.2, -0.15) is 13.2 Å². The van der Waals surface area contributed by atoms with Crippen molar-refractivity contribution in [2.45, 2.75) is 6.18 Å². The molecule has 1 amide bonds. The fourth-order valence-corrected chi connectivity index (χ4v) is 2.99. The van der Waals surface area contributed by atoms with Crippen molar-refractivity contribution in [3.8, 4) is 10.6 Å². The summed E-state index contributed by atoms with van der Waals surface area (Å²) in [6.07, 6.45) is -1.94. The van der Waals surface area contributed by atoms with E-state index in [2.05, 4.69) is 31.3 Å². The van der Waals surface area contributed by atoms with Crippen molar-refractivity contribution in [2.24, 2.45) is 0 Å². The first-order valence-corrected chi connectivity index (χ1v) is 10.8. The Balaban J connectivity index is 0.000000640. The second kappa shape index (κ2) is 9.59. The van der Waals surface area contributed by atoms with Crippen LogP contribution in [0.2, 0.25) is 0 Å². The monoisotopic (exact) mass is 473 g/mol. The van der Waals surface area contributed by atoms with Crippen LogP contribution in [0.5, 0.6) is 0 Å². The van der Waals surface area contributed by atoms with Crippen molar-refractivity contribution >= 4 is 58.1 Å². The normalized spacial score (nSPS) is 11.2. The number of benzene rings is 1. The second-order valence-corrected chi connectivity index (χ2v) is 8.63. The van der Waals surface area contributed by atoms with Gasteiger partial charge in [-0.1, -0.05) is 0 Å². The van der Waals surface area contributed by atoms with Crippen molar-refractivity contribution in [1.29, 1.82) is 0 Å². The number of rotatable bonds is 3. The number of alkyl halides is 3. The summed E-state index contributed by atoms with van der Waals surface area (Å²) in [5.41, 5.74) is 1.14. The third-order valence-corrected chi connectivity index (χ3v) is 4.12. The summed E-state index contributed by atoms with van der Waals surface area (Å²) in [7, 11) is 7.36. The number of hydrogen-bond donors (Lipinski definition) is 1. The molecular weight excluding hydrogens is 465 g/mol. The molecule has 2 aromatic heterocycles. The van der Waals surface area contributed by atoms with Crippen LogP contribution in [0.3, 0.4) is 0 Å². The average molecular weight is 474 g/mol. The van der Waals surface area contributed by atoms with E-state index in [4.69, 9.17) is 4.21 Å². The summed E-state index contributed by atoms with van der Waals surface area (Å²) >= 11 is 1.19. The van der Waals surface area contributed by atoms with E-state index in [0.29, 0.717) is 20.8 Å². The predicted octanol–water partition coefficient (Wildman–Crippen LogP) is 4.83. The standard InChI is InChI=1S/C15H9F4N3OS.Cl2OS/c16-10-3-9(5-20-6-10)14-22-11-2-1-8(4-12(11)24-14)13(23)21-7-15(17,18)19;1-4(2)3/h1-6H,7H2,(H,21,23);. The van der Waals surface area contributed by atoms with Crippen LogP contribution >= 0.6 is 32.7 Å². The summed E-state index contributed by atoms with van der Waals surface area (Å²) in [4.78, 5) is 19.8. The van der Waals surface area contributed by atoms with Gasteiger partial charge >= 0.3 is 6.18 Å². The third-order valence-electron chi connectivity index (χ3n) is 3.05. The van der Waals surface area contributed by atoms with Crippen molar-refractivity contribution in [3.05, 3.63) is 48.0 Å². The number of pyridine rings is 1. The molecule has 0 radical (unpaired) electrons. The largest absolute Gasteiger partial charge is 0.405 e. The van der Waals surface area contributed by atoms with Gasteiger partial charge in [-0.25, -0.2) is 13.6 Å². The van der Waals surface area contributed by atoms with Gasteiger partial charge in [0.05, 0.1) is 16.4 Å². The van der Waals surface area contributed by atoms with Crippen LogP contribution in [0.15, 0.2) is 36.7 Å². The molecule has 0 unspecified atom stereocenters. The highest BCUT2D eigenvalue weighted by Crippen LogP contribution is 2.30. The highest BCUT2D eigenvalue weighted by Gasteiger charge is 2.28. The molecule has 0 aliphatic rings. The van der Waals surface area contributed by atoms with Crippen molar-refractivity contribution in [2.75, 3.05) is 6.54 Å². The summed E-state index contributed by atoms with van der Waals surface area (Å²) in [5, 5.41) is 2.31. The van der Waals surface area contributed by atoms with Crippen LogP contribution in [0.4, 0.5) is 17.6 Å². The van der Waals surface area contributed by atoms with Gasteiger partial charge in [-0.15, -0.1) is 11.3 Å². The molecule has 3 aromatic rings. The fourth-order valence-electron chi connectivity index (χ4n) is 2.00. The summed E-state index contributed by atoms with van der Waals surface area (Å²) in [5.74, 6) is -1.32. The van der Waals surface area contributed by atoms with Gasteiger partial charge in [0.1, 0.15) is 17.4 Å². The molecule has 0 saturated heterocycles. The molecule has 0 aliphatic heterocycles. The topological polar surface area (TPSA) is 72.0 Å². The van der Waals surface area contributed by atoms with Gasteiger partial charge in [0.2, 0.25) is 9.23 Å². The van der Waals surface area contributed by atoms with E-state index in [-0.39, 0.29) is 5.56 Å². The lowest BCUT2D eigenvalue weighted by Crippen LogP contribution is -2.33. The van der Waals surface area contributed by atoms with E-state index >= 15 is 0 Å². The molecule has 0 fully saturated rings. The minimum Gasteiger partial charge on any atom is -0.343 e. The first-order valence-electron chi connectivity index (χ1n) is 7.16. The first kappa shape index (κ1) is 22.5. The Bertz CT molecular complexity index is 1010. The average Bonchev–Trinajstić information content (AvgIpc) is 3.02. The molecule has 28 heavy (non-hydrogen) atoms. The lowest BCUT2D eigenvalue weighted by Gasteiger charge is -2.08. The van der Waals surface area contributed by atoms with Gasteiger partial charge in [-0.3, -0.25) is 9.78 Å². The minimum atomic E-state index is -4.47. The number of halogens is 6. The van der Waals surface area contributed by atoms with Gasteiger partial charge in [0.25, 0.3) is 5.91 Å². The fraction of sp³-hybridized carbons (Fsp3) is 0.133. The van der Waals surface area contributed by atoms with Crippen molar-refractivity contribution in [3.63, 3.8) is 0 Å². The molecule has 150 valence electrons. The molecule has 13 heteroatoms. The third kappa shape index (κ3) is 6.97. The Morgan fingerprint density at radius 3 is 2.50 bits per heavy atom. The Labute approximate surface area is 171 Å². The number of carbonyl (C=O) groups excluding carboxylic acids is 1. The maximum Gasteiger partial charge on any atom is 0.405 e. The van der Waals surface area contributed by atoms with Gasteiger partial charge in [0, 0.05) is 38.7 Å². The molecule has 0 saturated carbocycles. The quantitative estimate of drug-likeness (QED) is 0.436. The van der Waals surface area contributed by atoms with E-state index in [0.717, 1.165) is 6.20 Å². The van der Waals surface area contributed by atoms with Crippen LogP contribution in [0.1, 0.15) is 10.4 Å². The van der Waals surface area contributed by atoms with Gasteiger partial charge < -0.3 is 5.32 Å². The van der Waals surface area contributed by atoms with Crippen LogP contribution in [-0.4, -0.2) is 32.8 Å². The molecule has 0 atom stereocenters. The summed E-state index contributed by atoms with van der Waals surface area (Å²) in [6.45, 7) is -1.40. The van der Waals surface area contributed by atoms with E-state index in [1.54, 1.807) is 0 Å². The molecule has 1 aromatic carbocycles. The van der Waals surface area contributed by atoms with Crippen molar-refractivity contribution in [1.82, 2.24) is 15.3 Å². The zero-order chi connectivity index (χ0) is 20.9. The highest BCUT2D eigenvalue weighted by molar-refractivity contribution is 8.26. The zero-order valence-electron chi connectivity index (χ0n) is 13.5. The Morgan fingerprint density at radius 2 is 1.89 bits per heavy atom. The first-order chi connectivity index (χ1) is 13.0. The smallest absolute Gasteiger partial charge is 0.343 e. The molecule has 0 bridgehead atoms. The molecule has 2 heterocycles. The van der Waals surface area contributed by atoms with E-state index in [1.807, 2.05) is 5.32 Å². The van der Waals surface area contributed by atoms with E-state index in [1.165, 1.54) is 41.8 Å². The summed E-state index contributed by atoms with van der Waals surface area (Å²) < 4.78 is 59.4. The highest BCUT2D eigenvalue weighted by atomic mass is 36.0. The number of amides is 1.